The summed E-state index contributed by atoms with van der Waals surface area (Å²) < 4.78 is 75.9. The number of quaternary nitrogens is 1. The van der Waals surface area contributed by atoms with E-state index in [1.165, 1.54) is 12.1 Å². The number of aliphatic imine (C=N–C) groups is 2. The van der Waals surface area contributed by atoms with Crippen LogP contribution in [0.15, 0.2) is 63.1 Å². The van der Waals surface area contributed by atoms with Crippen LogP contribution in [0, 0.1) is 22.9 Å². The zero-order chi connectivity index (χ0) is 26.6. The molecule has 1 atom stereocenters. The van der Waals surface area contributed by atoms with Crippen LogP contribution in [-0.2, 0) is 14.8 Å². The van der Waals surface area contributed by atoms with Crippen molar-refractivity contribution in [2.45, 2.75) is 36.2 Å². The lowest BCUT2D eigenvalue weighted by Crippen LogP contribution is -2.85. The van der Waals surface area contributed by atoms with Crippen molar-refractivity contribution < 1.29 is 31.6 Å². The molecule has 2 aromatic rings. The molecule has 9 nitrogen and oxygen atoms in total. The van der Waals surface area contributed by atoms with E-state index < -0.39 is 44.1 Å². The van der Waals surface area contributed by atoms with Crippen molar-refractivity contribution in [3.05, 3.63) is 71.2 Å². The van der Waals surface area contributed by atoms with E-state index in [1.54, 1.807) is 12.4 Å². The Morgan fingerprint density at radius 1 is 1.19 bits per heavy atom. The van der Waals surface area contributed by atoms with Gasteiger partial charge in [-0.1, -0.05) is 6.07 Å². The lowest BCUT2D eigenvalue weighted by molar-refractivity contribution is -0.631. The molecule has 2 aliphatic rings. The summed E-state index contributed by atoms with van der Waals surface area (Å²) in [6.07, 6.45) is 5.23. The van der Waals surface area contributed by atoms with E-state index in [4.69, 9.17) is 15.9 Å². The maximum Gasteiger partial charge on any atom is 0.265 e. The second-order valence-electron chi connectivity index (χ2n) is 8.54. The molecular weight excluding hydrogens is 509 g/mol. The molecular formula is C24H26F3N6O3S+. The van der Waals surface area contributed by atoms with Crippen LogP contribution in [-0.4, -0.2) is 51.6 Å². The molecule has 0 amide bonds. The number of anilines is 1. The normalized spacial score (nSPS) is 18.9. The third-order valence-electron chi connectivity index (χ3n) is 6.00. The minimum Gasteiger partial charge on any atom is -0.381 e. The summed E-state index contributed by atoms with van der Waals surface area (Å²) in [6, 6.07) is 5.35. The molecule has 1 fully saturated rings. The van der Waals surface area contributed by atoms with Gasteiger partial charge in [0.2, 0.25) is 5.96 Å². The van der Waals surface area contributed by atoms with Crippen LogP contribution < -0.4 is 15.8 Å². The van der Waals surface area contributed by atoms with Crippen LogP contribution in [0.1, 0.15) is 24.8 Å². The zero-order valence-electron chi connectivity index (χ0n) is 19.6. The summed E-state index contributed by atoms with van der Waals surface area (Å²) in [5.74, 6) is -3.18. The monoisotopic (exact) mass is 535 g/mol. The predicted octanol–water partition coefficient (Wildman–Crippen LogP) is 2.06. The van der Waals surface area contributed by atoms with Crippen LogP contribution in [0.5, 0.6) is 0 Å². The highest BCUT2D eigenvalue weighted by Gasteiger charge is 2.27. The highest BCUT2D eigenvalue weighted by molar-refractivity contribution is 7.92. The first-order chi connectivity index (χ1) is 17.7. The van der Waals surface area contributed by atoms with Gasteiger partial charge in [-0.25, -0.2) is 31.6 Å². The molecule has 0 aliphatic carbocycles. The van der Waals surface area contributed by atoms with E-state index in [9.17, 15) is 17.2 Å². The van der Waals surface area contributed by atoms with Crippen LogP contribution >= 0.6 is 0 Å². The fraction of sp³-hybridized carbons (Fsp3) is 0.292. The molecule has 37 heavy (non-hydrogen) atoms. The topological polar surface area (TPSA) is 147 Å². The molecule has 0 aromatic heterocycles. The van der Waals surface area contributed by atoms with Gasteiger partial charge in [-0.15, -0.1) is 0 Å². The second-order valence-corrected chi connectivity index (χ2v) is 10.2. The number of benzene rings is 2. The highest BCUT2D eigenvalue weighted by Crippen LogP contribution is 2.26. The van der Waals surface area contributed by atoms with Crippen molar-refractivity contribution in [2.75, 3.05) is 17.9 Å². The van der Waals surface area contributed by atoms with E-state index in [1.807, 2.05) is 10.0 Å². The number of rotatable bonds is 8. The number of halogens is 3. The Morgan fingerprint density at radius 2 is 1.95 bits per heavy atom. The van der Waals surface area contributed by atoms with Gasteiger partial charge in [-0.3, -0.25) is 10.1 Å². The number of nitrogens with one attached hydrogen (secondary N) is 2. The predicted molar refractivity (Wildman–Crippen MR) is 133 cm³/mol. The van der Waals surface area contributed by atoms with Gasteiger partial charge >= 0.3 is 0 Å². The molecule has 0 radical (unpaired) electrons. The van der Waals surface area contributed by atoms with Crippen LogP contribution in [0.25, 0.3) is 0 Å². The van der Waals surface area contributed by atoms with Crippen molar-refractivity contribution in [1.82, 2.24) is 0 Å². The van der Waals surface area contributed by atoms with Gasteiger partial charge < -0.3 is 15.8 Å². The first kappa shape index (κ1) is 26.5. The Bertz CT molecular complexity index is 1390. The molecule has 0 saturated carbocycles. The lowest BCUT2D eigenvalue weighted by atomic mass is 9.94. The van der Waals surface area contributed by atoms with E-state index in [0.29, 0.717) is 37.3 Å². The molecule has 6 N–H and O–H groups in total. The van der Waals surface area contributed by atoms with Gasteiger partial charge in [0.25, 0.3) is 10.0 Å². The number of nitrogens with two attached hydrogens (primary N) is 2. The summed E-state index contributed by atoms with van der Waals surface area (Å²) >= 11 is 0. The summed E-state index contributed by atoms with van der Waals surface area (Å²) in [6.45, 7) is 1.23. The summed E-state index contributed by atoms with van der Waals surface area (Å²) in [7, 11) is -4.67. The number of hydrogen-bond donors (Lipinski definition) is 4. The molecule has 1 saturated heterocycles. The number of sulfonamides is 1. The quantitative estimate of drug-likeness (QED) is 0.383. The van der Waals surface area contributed by atoms with Crippen molar-refractivity contribution in [3.8, 4) is 0 Å². The van der Waals surface area contributed by atoms with Crippen molar-refractivity contribution in [1.29, 1.82) is 5.41 Å². The Labute approximate surface area is 211 Å². The van der Waals surface area contributed by atoms with Gasteiger partial charge in [0, 0.05) is 31.0 Å². The average molecular weight is 536 g/mol. The standard InChI is InChI=1S/C24H25F3N6O3S/c25-14-4-5-18(26)21(12-14)37(34,35)33-20-3-1-2-16(22(20)27)23(28)17(19-6-9-30-24(29)32-19)13-31-15-7-10-36-11-8-15/h1-5,9,12-13,15,19,28,31,33H,6-8,10-11H2,(H2,29,32)/p+1/b17-13-,28-23?. The molecule has 2 aliphatic heterocycles. The lowest BCUT2D eigenvalue weighted by Gasteiger charge is -2.22. The largest absolute Gasteiger partial charge is 0.381 e. The number of ether oxygens (including phenoxy) is 1. The zero-order valence-corrected chi connectivity index (χ0v) is 20.4. The first-order valence-corrected chi connectivity index (χ1v) is 13.0. The van der Waals surface area contributed by atoms with Crippen LogP contribution in [0.2, 0.25) is 0 Å². The van der Waals surface area contributed by atoms with Gasteiger partial charge in [0.15, 0.2) is 5.82 Å². The maximum atomic E-state index is 15.6. The van der Waals surface area contributed by atoms with Gasteiger partial charge in [0.05, 0.1) is 42.3 Å². The van der Waals surface area contributed by atoms with E-state index in [0.717, 1.165) is 25.0 Å². The molecule has 2 aromatic carbocycles. The fourth-order valence-corrected chi connectivity index (χ4v) is 5.19. The Kier molecular flexibility index (Phi) is 8.05. The molecule has 4 rings (SSSR count). The smallest absolute Gasteiger partial charge is 0.265 e. The van der Waals surface area contributed by atoms with Crippen molar-refractivity contribution >= 4 is 33.6 Å². The third kappa shape index (κ3) is 6.24. The summed E-state index contributed by atoms with van der Waals surface area (Å²) in [5, 5.41) is 10.7. The van der Waals surface area contributed by atoms with Crippen molar-refractivity contribution in [3.63, 3.8) is 0 Å². The van der Waals surface area contributed by atoms with Crippen molar-refractivity contribution in [2.24, 2.45) is 15.7 Å². The van der Waals surface area contributed by atoms with E-state index in [2.05, 4.69) is 9.98 Å². The first-order valence-electron chi connectivity index (χ1n) is 11.5. The van der Waals surface area contributed by atoms with E-state index in [-0.39, 0.29) is 23.3 Å². The van der Waals surface area contributed by atoms with E-state index >= 15 is 4.39 Å². The fourth-order valence-electron chi connectivity index (χ4n) is 4.04. The SMILES string of the molecule is N=C(/C(=C\[NH2+]C1CCOCC1)C1CC=NC(N)=N1)c1cccc(NS(=O)(=O)c2cc(F)ccc2F)c1F. The molecule has 2 heterocycles. The van der Waals surface area contributed by atoms with Gasteiger partial charge in [-0.05, 0) is 30.3 Å². The summed E-state index contributed by atoms with van der Waals surface area (Å²) in [4.78, 5) is 7.26. The summed E-state index contributed by atoms with van der Waals surface area (Å²) in [5.41, 5.74) is 5.18. The molecule has 0 spiro atoms. The minimum atomic E-state index is -4.67. The van der Waals surface area contributed by atoms with Crippen LogP contribution in [0.4, 0.5) is 18.9 Å². The van der Waals surface area contributed by atoms with Crippen LogP contribution in [0.3, 0.4) is 0 Å². The third-order valence-corrected chi connectivity index (χ3v) is 7.38. The number of guanidine groups is 1. The van der Waals surface area contributed by atoms with Gasteiger partial charge in [-0.2, -0.15) is 0 Å². The molecule has 196 valence electrons. The molecule has 13 heteroatoms. The Balaban J connectivity index is 1.66. The Hall–Kier alpha value is -3.55. The number of nitrogens with zero attached hydrogens (tertiary/aromatic N) is 2. The number of hydrogen-bond acceptors (Lipinski definition) is 7. The Morgan fingerprint density at radius 3 is 2.68 bits per heavy atom. The second kappa shape index (κ2) is 11.2. The molecule has 1 unspecified atom stereocenters. The minimum absolute atomic E-state index is 0.0279. The van der Waals surface area contributed by atoms with Gasteiger partial charge in [0.1, 0.15) is 22.7 Å². The average Bonchev–Trinajstić information content (AvgIpc) is 2.87. The maximum absolute atomic E-state index is 15.6. The molecule has 0 bridgehead atoms. The highest BCUT2D eigenvalue weighted by atomic mass is 32.2.